The summed E-state index contributed by atoms with van der Waals surface area (Å²) in [6.07, 6.45) is 0.377. The number of amides is 1. The third-order valence-corrected chi connectivity index (χ3v) is 3.21. The fourth-order valence-corrected chi connectivity index (χ4v) is 2.02. The topological polar surface area (TPSA) is 53.3 Å². The second-order valence-electron chi connectivity index (χ2n) is 4.88. The monoisotopic (exact) mass is 244 g/mol. The van der Waals surface area contributed by atoms with Crippen LogP contribution >= 0.6 is 0 Å². The molecule has 1 heterocycles. The number of hydrogen-bond donors (Lipinski definition) is 0. The molecule has 1 atom stereocenters. The summed E-state index contributed by atoms with van der Waals surface area (Å²) in [6.45, 7) is 3.20. The number of hydrogen-bond acceptors (Lipinski definition) is 3. The van der Waals surface area contributed by atoms with Crippen LogP contribution in [0.15, 0.2) is 30.3 Å². The van der Waals surface area contributed by atoms with E-state index in [1.807, 2.05) is 37.3 Å². The first-order chi connectivity index (χ1) is 8.63. The molecule has 0 aromatic heterocycles. The normalized spacial score (nSPS) is 22.6. The average Bonchev–Trinajstić information content (AvgIpc) is 2.81. The minimum atomic E-state index is -0.425. The quantitative estimate of drug-likeness (QED) is 0.803. The van der Waals surface area contributed by atoms with E-state index < -0.39 is 5.41 Å². The van der Waals surface area contributed by atoms with Crippen LogP contribution in [0.1, 0.15) is 18.9 Å². The number of nitriles is 1. The molecule has 1 aromatic carbocycles. The van der Waals surface area contributed by atoms with Crippen molar-refractivity contribution >= 4 is 6.09 Å². The van der Waals surface area contributed by atoms with Gasteiger partial charge in [-0.2, -0.15) is 5.26 Å². The fraction of sp³-hybridized carbons (Fsp3) is 0.429. The first-order valence-corrected chi connectivity index (χ1v) is 6.00. The SMILES string of the molecule is CC1(C#N)CCN(C(=O)OCc2ccccc2)C1. The van der Waals surface area contributed by atoms with Crippen molar-refractivity contribution in [2.75, 3.05) is 13.1 Å². The van der Waals surface area contributed by atoms with Crippen LogP contribution in [0, 0.1) is 16.7 Å². The third-order valence-electron chi connectivity index (χ3n) is 3.21. The van der Waals surface area contributed by atoms with E-state index in [2.05, 4.69) is 6.07 Å². The Bertz CT molecular complexity index is 466. The zero-order chi connectivity index (χ0) is 13.0. The van der Waals surface area contributed by atoms with E-state index in [4.69, 9.17) is 10.00 Å². The predicted molar refractivity (Wildman–Crippen MR) is 66.5 cm³/mol. The van der Waals surface area contributed by atoms with Crippen LogP contribution in [0.4, 0.5) is 4.79 Å². The van der Waals surface area contributed by atoms with Crippen LogP contribution in [0.5, 0.6) is 0 Å². The Labute approximate surface area is 107 Å². The van der Waals surface area contributed by atoms with Crippen LogP contribution in [0.25, 0.3) is 0 Å². The summed E-state index contributed by atoms with van der Waals surface area (Å²) >= 11 is 0. The van der Waals surface area contributed by atoms with Crippen LogP contribution < -0.4 is 0 Å². The first-order valence-electron chi connectivity index (χ1n) is 6.00. The number of likely N-dealkylation sites (tertiary alicyclic amines) is 1. The lowest BCUT2D eigenvalue weighted by Crippen LogP contribution is -2.31. The number of ether oxygens (including phenoxy) is 1. The van der Waals surface area contributed by atoms with Gasteiger partial charge in [-0.1, -0.05) is 30.3 Å². The van der Waals surface area contributed by atoms with Crippen molar-refractivity contribution in [3.8, 4) is 6.07 Å². The van der Waals surface area contributed by atoms with Crippen molar-refractivity contribution in [3.63, 3.8) is 0 Å². The summed E-state index contributed by atoms with van der Waals surface area (Å²) < 4.78 is 5.23. The van der Waals surface area contributed by atoms with E-state index in [0.717, 1.165) is 5.56 Å². The molecule has 0 spiro atoms. The zero-order valence-corrected chi connectivity index (χ0v) is 10.4. The van der Waals surface area contributed by atoms with Gasteiger partial charge in [-0.25, -0.2) is 4.79 Å². The lowest BCUT2D eigenvalue weighted by atomic mass is 9.92. The van der Waals surface area contributed by atoms with Gasteiger partial charge in [0.15, 0.2) is 0 Å². The molecular formula is C14H16N2O2. The smallest absolute Gasteiger partial charge is 0.410 e. The molecule has 1 aromatic rings. The molecule has 1 fully saturated rings. The lowest BCUT2D eigenvalue weighted by Gasteiger charge is -2.17. The van der Waals surface area contributed by atoms with E-state index in [9.17, 15) is 4.79 Å². The molecule has 2 rings (SSSR count). The molecule has 18 heavy (non-hydrogen) atoms. The number of rotatable bonds is 2. The Kier molecular flexibility index (Phi) is 3.52. The van der Waals surface area contributed by atoms with Crippen LogP contribution in [-0.2, 0) is 11.3 Å². The highest BCUT2D eigenvalue weighted by atomic mass is 16.6. The standard InChI is InChI=1S/C14H16N2O2/c1-14(10-15)7-8-16(11-14)13(17)18-9-12-5-3-2-4-6-12/h2-6H,7-9,11H2,1H3. The minimum absolute atomic E-state index is 0.277. The van der Waals surface area contributed by atoms with Gasteiger partial charge < -0.3 is 9.64 Å². The molecule has 0 N–H and O–H groups in total. The van der Waals surface area contributed by atoms with Crippen LogP contribution in [0.3, 0.4) is 0 Å². The van der Waals surface area contributed by atoms with E-state index in [-0.39, 0.29) is 12.7 Å². The average molecular weight is 244 g/mol. The summed E-state index contributed by atoms with van der Waals surface area (Å²) in [5, 5.41) is 9.00. The summed E-state index contributed by atoms with van der Waals surface area (Å²) in [5.74, 6) is 0. The third kappa shape index (κ3) is 2.80. The van der Waals surface area contributed by atoms with Crippen molar-refractivity contribution in [1.82, 2.24) is 4.90 Å². The van der Waals surface area contributed by atoms with Gasteiger partial charge in [-0.3, -0.25) is 0 Å². The highest BCUT2D eigenvalue weighted by Crippen LogP contribution is 2.29. The summed E-state index contributed by atoms with van der Waals surface area (Å²) in [6, 6.07) is 11.8. The van der Waals surface area contributed by atoms with Crippen LogP contribution in [-0.4, -0.2) is 24.1 Å². The van der Waals surface area contributed by atoms with Crippen LogP contribution in [0.2, 0.25) is 0 Å². The first kappa shape index (κ1) is 12.4. The van der Waals surface area contributed by atoms with E-state index in [1.54, 1.807) is 4.90 Å². The van der Waals surface area contributed by atoms with E-state index in [0.29, 0.717) is 19.5 Å². The van der Waals surface area contributed by atoms with Gasteiger partial charge in [0, 0.05) is 13.1 Å². The van der Waals surface area contributed by atoms with Gasteiger partial charge in [-0.15, -0.1) is 0 Å². The van der Waals surface area contributed by atoms with Crippen molar-refractivity contribution in [3.05, 3.63) is 35.9 Å². The molecule has 4 heteroatoms. The predicted octanol–water partition coefficient (Wildman–Crippen LogP) is 2.56. The second-order valence-corrected chi connectivity index (χ2v) is 4.88. The van der Waals surface area contributed by atoms with Crippen molar-refractivity contribution < 1.29 is 9.53 Å². The van der Waals surface area contributed by atoms with Gasteiger partial charge in [0.2, 0.25) is 0 Å². The number of nitrogens with zero attached hydrogens (tertiary/aromatic N) is 2. The second kappa shape index (κ2) is 5.09. The molecule has 0 bridgehead atoms. The Morgan fingerprint density at radius 3 is 2.83 bits per heavy atom. The molecule has 0 saturated carbocycles. The maximum Gasteiger partial charge on any atom is 0.410 e. The van der Waals surface area contributed by atoms with Gasteiger partial charge in [0.25, 0.3) is 0 Å². The number of benzene rings is 1. The van der Waals surface area contributed by atoms with E-state index >= 15 is 0 Å². The molecule has 1 aliphatic heterocycles. The molecule has 94 valence electrons. The summed E-state index contributed by atoms with van der Waals surface area (Å²) in [4.78, 5) is 13.4. The highest BCUT2D eigenvalue weighted by molar-refractivity contribution is 5.68. The highest BCUT2D eigenvalue weighted by Gasteiger charge is 2.36. The molecule has 0 radical (unpaired) electrons. The number of carbonyl (C=O) groups excluding carboxylic acids is 1. The maximum atomic E-state index is 11.8. The summed E-state index contributed by atoms with van der Waals surface area (Å²) in [5.41, 5.74) is 0.541. The zero-order valence-electron chi connectivity index (χ0n) is 10.4. The van der Waals surface area contributed by atoms with Crippen molar-refractivity contribution in [1.29, 1.82) is 5.26 Å². The maximum absolute atomic E-state index is 11.8. The molecule has 1 saturated heterocycles. The van der Waals surface area contributed by atoms with E-state index in [1.165, 1.54) is 0 Å². The Hall–Kier alpha value is -2.02. The van der Waals surface area contributed by atoms with Gasteiger partial charge in [-0.05, 0) is 18.9 Å². The van der Waals surface area contributed by atoms with Gasteiger partial charge in [0.05, 0.1) is 11.5 Å². The van der Waals surface area contributed by atoms with Gasteiger partial charge >= 0.3 is 6.09 Å². The largest absolute Gasteiger partial charge is 0.445 e. The molecule has 4 nitrogen and oxygen atoms in total. The molecule has 1 aliphatic rings. The van der Waals surface area contributed by atoms with Gasteiger partial charge in [0.1, 0.15) is 6.61 Å². The fourth-order valence-electron chi connectivity index (χ4n) is 2.02. The van der Waals surface area contributed by atoms with Crippen molar-refractivity contribution in [2.24, 2.45) is 5.41 Å². The Balaban J connectivity index is 1.85. The Morgan fingerprint density at radius 2 is 2.22 bits per heavy atom. The minimum Gasteiger partial charge on any atom is -0.445 e. The molecule has 1 amide bonds. The number of carbonyl (C=O) groups is 1. The Morgan fingerprint density at radius 1 is 1.50 bits per heavy atom. The molecular weight excluding hydrogens is 228 g/mol. The van der Waals surface area contributed by atoms with Crippen molar-refractivity contribution in [2.45, 2.75) is 20.0 Å². The molecule has 0 aliphatic carbocycles. The summed E-state index contributed by atoms with van der Waals surface area (Å²) in [7, 11) is 0. The lowest BCUT2D eigenvalue weighted by molar-refractivity contribution is 0.102. The molecule has 1 unspecified atom stereocenters.